The van der Waals surface area contributed by atoms with Gasteiger partial charge >= 0.3 is 0 Å². The molecule has 2 rings (SSSR count). The summed E-state index contributed by atoms with van der Waals surface area (Å²) in [5.41, 5.74) is 2.06. The van der Waals surface area contributed by atoms with Crippen LogP contribution in [0.4, 0.5) is 5.69 Å². The van der Waals surface area contributed by atoms with Crippen molar-refractivity contribution in [1.82, 2.24) is 0 Å². The summed E-state index contributed by atoms with van der Waals surface area (Å²) >= 11 is 1.44. The zero-order valence-electron chi connectivity index (χ0n) is 10.3. The van der Waals surface area contributed by atoms with Crippen LogP contribution in [0.15, 0.2) is 53.4 Å². The Morgan fingerprint density at radius 2 is 1.68 bits per heavy atom. The van der Waals surface area contributed by atoms with E-state index < -0.39 is 4.92 Å². The van der Waals surface area contributed by atoms with Crippen LogP contribution in [0.3, 0.4) is 0 Å². The van der Waals surface area contributed by atoms with Crippen molar-refractivity contribution in [3.05, 3.63) is 69.8 Å². The average molecular weight is 269 g/mol. The van der Waals surface area contributed by atoms with Crippen LogP contribution in [-0.4, -0.2) is 4.92 Å². The molecule has 2 aromatic rings. The lowest BCUT2D eigenvalue weighted by atomic mass is 10.2. The molecule has 0 spiro atoms. The highest BCUT2D eigenvalue weighted by atomic mass is 32.2. The van der Waals surface area contributed by atoms with Gasteiger partial charge in [-0.05, 0) is 48.2 Å². The molecule has 0 saturated carbocycles. The van der Waals surface area contributed by atoms with Crippen LogP contribution < -0.4 is 0 Å². The third-order valence-corrected chi connectivity index (χ3v) is 3.18. The number of benzene rings is 2. The van der Waals surface area contributed by atoms with E-state index in [0.29, 0.717) is 0 Å². The second kappa shape index (κ2) is 6.07. The number of thioether (sulfide) groups is 1. The molecule has 0 atom stereocenters. The minimum atomic E-state index is -0.418. The molecule has 0 aliphatic heterocycles. The number of nitro benzene ring substituents is 1. The number of aryl methyl sites for hydroxylation is 1. The molecule has 4 heteroatoms. The third kappa shape index (κ3) is 3.87. The van der Waals surface area contributed by atoms with Crippen LogP contribution in [0, 0.1) is 28.2 Å². The first-order chi connectivity index (χ1) is 9.15. The molecule has 19 heavy (non-hydrogen) atoms. The average Bonchev–Trinajstić information content (AvgIpc) is 2.41. The SMILES string of the molecule is Cc1ccc(SC#Cc2ccc([N+](=O)[O-])cc2)cc1. The molecule has 0 aliphatic carbocycles. The van der Waals surface area contributed by atoms with Crippen LogP contribution in [0.5, 0.6) is 0 Å². The highest BCUT2D eigenvalue weighted by Crippen LogP contribution is 2.17. The molecule has 0 bridgehead atoms. The summed E-state index contributed by atoms with van der Waals surface area (Å²) in [4.78, 5) is 11.2. The van der Waals surface area contributed by atoms with E-state index >= 15 is 0 Å². The Morgan fingerprint density at radius 1 is 1.05 bits per heavy atom. The minimum Gasteiger partial charge on any atom is -0.258 e. The van der Waals surface area contributed by atoms with Gasteiger partial charge in [0.15, 0.2) is 0 Å². The first kappa shape index (κ1) is 13.2. The number of hydrogen-bond donors (Lipinski definition) is 0. The summed E-state index contributed by atoms with van der Waals surface area (Å²) in [7, 11) is 0. The maximum Gasteiger partial charge on any atom is 0.269 e. The van der Waals surface area contributed by atoms with Crippen molar-refractivity contribution >= 4 is 17.4 Å². The van der Waals surface area contributed by atoms with Gasteiger partial charge in [0.25, 0.3) is 5.69 Å². The second-order valence-electron chi connectivity index (χ2n) is 3.95. The molecular formula is C15H11NO2S. The lowest BCUT2D eigenvalue weighted by Gasteiger charge is -1.94. The van der Waals surface area contributed by atoms with E-state index in [-0.39, 0.29) is 5.69 Å². The summed E-state index contributed by atoms with van der Waals surface area (Å²) in [6, 6.07) is 14.3. The highest BCUT2D eigenvalue weighted by Gasteiger charge is 2.02. The number of non-ortho nitro benzene ring substituents is 1. The molecule has 0 saturated heterocycles. The van der Waals surface area contributed by atoms with Gasteiger partial charge in [-0.15, -0.1) is 0 Å². The number of hydrogen-bond acceptors (Lipinski definition) is 3. The van der Waals surface area contributed by atoms with Crippen LogP contribution in [-0.2, 0) is 0 Å². The minimum absolute atomic E-state index is 0.0803. The lowest BCUT2D eigenvalue weighted by Crippen LogP contribution is -1.86. The predicted molar refractivity (Wildman–Crippen MR) is 77.0 cm³/mol. The molecular weight excluding hydrogens is 258 g/mol. The van der Waals surface area contributed by atoms with Crippen molar-refractivity contribution in [3.63, 3.8) is 0 Å². The highest BCUT2D eigenvalue weighted by molar-refractivity contribution is 8.03. The molecule has 0 aromatic heterocycles. The van der Waals surface area contributed by atoms with Gasteiger partial charge in [-0.3, -0.25) is 10.1 Å². The molecule has 0 heterocycles. The Bertz CT molecular complexity index is 637. The smallest absolute Gasteiger partial charge is 0.258 e. The van der Waals surface area contributed by atoms with Gasteiger partial charge < -0.3 is 0 Å². The van der Waals surface area contributed by atoms with Crippen LogP contribution >= 0.6 is 11.8 Å². The van der Waals surface area contributed by atoms with Crippen molar-refractivity contribution < 1.29 is 4.92 Å². The maximum absolute atomic E-state index is 10.5. The first-order valence-electron chi connectivity index (χ1n) is 5.64. The van der Waals surface area contributed by atoms with Crippen molar-refractivity contribution in [3.8, 4) is 11.2 Å². The van der Waals surface area contributed by atoms with E-state index in [1.165, 1.54) is 29.5 Å². The van der Waals surface area contributed by atoms with Gasteiger partial charge in [0, 0.05) is 22.6 Å². The quantitative estimate of drug-likeness (QED) is 0.358. The standard InChI is InChI=1S/C15H11NO2S/c1-12-2-8-15(9-3-12)19-11-10-13-4-6-14(7-5-13)16(17)18/h2-9H,1H3. The Morgan fingerprint density at radius 3 is 2.26 bits per heavy atom. The van der Waals surface area contributed by atoms with E-state index in [2.05, 4.69) is 11.2 Å². The summed E-state index contributed by atoms with van der Waals surface area (Å²) in [6.07, 6.45) is 0. The van der Waals surface area contributed by atoms with E-state index in [9.17, 15) is 10.1 Å². The molecule has 94 valence electrons. The molecule has 3 nitrogen and oxygen atoms in total. The van der Waals surface area contributed by atoms with Crippen molar-refractivity contribution in [2.45, 2.75) is 11.8 Å². The fourth-order valence-electron chi connectivity index (χ4n) is 1.42. The number of nitro groups is 1. The predicted octanol–water partition coefficient (Wildman–Crippen LogP) is 4.00. The van der Waals surface area contributed by atoms with E-state index in [4.69, 9.17) is 0 Å². The normalized spacial score (nSPS) is 9.53. The molecule has 0 amide bonds. The topological polar surface area (TPSA) is 43.1 Å². The lowest BCUT2D eigenvalue weighted by molar-refractivity contribution is -0.384. The zero-order valence-corrected chi connectivity index (χ0v) is 11.1. The molecule has 0 radical (unpaired) electrons. The monoisotopic (exact) mass is 269 g/mol. The van der Waals surface area contributed by atoms with E-state index in [0.717, 1.165) is 10.5 Å². The van der Waals surface area contributed by atoms with E-state index in [1.54, 1.807) is 12.1 Å². The Hall–Kier alpha value is -2.25. The largest absolute Gasteiger partial charge is 0.269 e. The Kier molecular flexibility index (Phi) is 4.22. The van der Waals surface area contributed by atoms with Crippen molar-refractivity contribution in [2.75, 3.05) is 0 Å². The molecule has 0 N–H and O–H groups in total. The molecule has 0 fully saturated rings. The maximum atomic E-state index is 10.5. The summed E-state index contributed by atoms with van der Waals surface area (Å²) < 4.78 is 0. The fraction of sp³-hybridized carbons (Fsp3) is 0.0667. The molecule has 2 aromatic carbocycles. The van der Waals surface area contributed by atoms with Gasteiger partial charge in [-0.1, -0.05) is 23.6 Å². The van der Waals surface area contributed by atoms with E-state index in [1.807, 2.05) is 31.2 Å². The Labute approximate surface area is 115 Å². The van der Waals surface area contributed by atoms with Gasteiger partial charge in [-0.25, -0.2) is 0 Å². The third-order valence-electron chi connectivity index (χ3n) is 2.46. The van der Waals surface area contributed by atoms with Crippen molar-refractivity contribution in [1.29, 1.82) is 0 Å². The Balaban J connectivity index is 2.03. The number of nitrogens with zero attached hydrogens (tertiary/aromatic N) is 1. The molecule has 0 unspecified atom stereocenters. The van der Waals surface area contributed by atoms with Gasteiger partial charge in [0.1, 0.15) is 0 Å². The zero-order chi connectivity index (χ0) is 13.7. The summed E-state index contributed by atoms with van der Waals surface area (Å²) in [6.45, 7) is 2.04. The van der Waals surface area contributed by atoms with Gasteiger partial charge in [0.05, 0.1) is 4.92 Å². The summed E-state index contributed by atoms with van der Waals surface area (Å²) in [5, 5.41) is 13.5. The van der Waals surface area contributed by atoms with Crippen LogP contribution in [0.2, 0.25) is 0 Å². The van der Waals surface area contributed by atoms with Crippen molar-refractivity contribution in [2.24, 2.45) is 0 Å². The van der Waals surface area contributed by atoms with Gasteiger partial charge in [-0.2, -0.15) is 0 Å². The van der Waals surface area contributed by atoms with Crippen LogP contribution in [0.25, 0.3) is 0 Å². The van der Waals surface area contributed by atoms with Gasteiger partial charge in [0.2, 0.25) is 0 Å². The molecule has 0 aliphatic rings. The van der Waals surface area contributed by atoms with Crippen LogP contribution in [0.1, 0.15) is 11.1 Å². The number of rotatable bonds is 2. The fourth-order valence-corrected chi connectivity index (χ4v) is 1.98. The summed E-state index contributed by atoms with van der Waals surface area (Å²) in [5.74, 6) is 2.96. The second-order valence-corrected chi connectivity index (χ2v) is 4.83. The first-order valence-corrected chi connectivity index (χ1v) is 6.46.